The molecule has 4 atom stereocenters. The third-order valence-electron chi connectivity index (χ3n) is 3.51. The van der Waals surface area contributed by atoms with E-state index in [4.69, 9.17) is 10.5 Å². The summed E-state index contributed by atoms with van der Waals surface area (Å²) in [5.74, 6) is 0.529. The second-order valence-corrected chi connectivity index (χ2v) is 5.67. The van der Waals surface area contributed by atoms with Gasteiger partial charge in [-0.05, 0) is 37.3 Å². The van der Waals surface area contributed by atoms with E-state index in [-0.39, 0.29) is 0 Å². The minimum Gasteiger partial charge on any atom is -0.329 e. The monoisotopic (exact) mass is 259 g/mol. The predicted molar refractivity (Wildman–Crippen MR) is 73.4 cm³/mol. The summed E-state index contributed by atoms with van der Waals surface area (Å²) < 4.78 is 19.5. The number of alkyl halides is 1. The van der Waals surface area contributed by atoms with E-state index in [9.17, 15) is 4.39 Å². The van der Waals surface area contributed by atoms with Crippen LogP contribution in [0.4, 0.5) is 4.39 Å². The quantitative estimate of drug-likeness (QED) is 0.608. The molecule has 0 aromatic rings. The van der Waals surface area contributed by atoms with E-state index >= 15 is 0 Å². The first-order valence-corrected chi connectivity index (χ1v) is 6.65. The van der Waals surface area contributed by atoms with Gasteiger partial charge in [0.2, 0.25) is 5.60 Å². The molecule has 1 aliphatic carbocycles. The third-order valence-corrected chi connectivity index (χ3v) is 3.87. The van der Waals surface area contributed by atoms with Gasteiger partial charge in [0, 0.05) is 6.54 Å². The molecule has 0 saturated heterocycles. The normalized spacial score (nSPS) is 32.8. The molecule has 0 spiro atoms. The van der Waals surface area contributed by atoms with Crippen LogP contribution in [0, 0.1) is 5.92 Å². The molecule has 0 heterocycles. The molecule has 4 heteroatoms. The molecule has 0 saturated carbocycles. The Morgan fingerprint density at radius 3 is 2.94 bits per heavy atom. The lowest BCUT2D eigenvalue weighted by atomic mass is 9.77. The van der Waals surface area contributed by atoms with Crippen LogP contribution in [0.25, 0.3) is 0 Å². The topological polar surface area (TPSA) is 35.2 Å². The van der Waals surface area contributed by atoms with Gasteiger partial charge in [-0.2, -0.15) is 0 Å². The van der Waals surface area contributed by atoms with Crippen molar-refractivity contribution in [3.8, 4) is 0 Å². The summed E-state index contributed by atoms with van der Waals surface area (Å²) in [7, 11) is 2.05. The minimum atomic E-state index is -1.89. The van der Waals surface area contributed by atoms with E-state index in [2.05, 4.69) is 19.6 Å². The second-order valence-electron chi connectivity index (χ2n) is 4.88. The zero-order valence-electron chi connectivity index (χ0n) is 10.7. The molecule has 0 fully saturated rings. The van der Waals surface area contributed by atoms with E-state index in [0.29, 0.717) is 12.5 Å². The van der Waals surface area contributed by atoms with Crippen molar-refractivity contribution < 1.29 is 9.13 Å². The number of ether oxygens (including phenoxy) is 1. The molecule has 0 aromatic heterocycles. The fraction of sp³-hybridized carbons (Fsp3) is 0.692. The standard InChI is InChI=1S/C13H23FNOP/c1-4-10-6-7-11(9-15)12(3,8-10)16-13(14,17)5-2/h5,7,10H,2,4,6,8-9,15,17H2,1,3H3/t10?,12-,13?/m1/s1. The minimum absolute atomic E-state index is 0.408. The second kappa shape index (κ2) is 5.60. The summed E-state index contributed by atoms with van der Waals surface area (Å²) in [5.41, 5.74) is 4.19. The van der Waals surface area contributed by atoms with E-state index < -0.39 is 11.2 Å². The molecule has 98 valence electrons. The highest BCUT2D eigenvalue weighted by Crippen LogP contribution is 2.41. The van der Waals surface area contributed by atoms with Gasteiger partial charge in [0.15, 0.2) is 0 Å². The Kier molecular flexibility index (Phi) is 4.88. The molecule has 2 nitrogen and oxygen atoms in total. The van der Waals surface area contributed by atoms with Crippen LogP contribution in [0.2, 0.25) is 0 Å². The van der Waals surface area contributed by atoms with Crippen LogP contribution in [0.1, 0.15) is 33.1 Å². The molecule has 1 aliphatic rings. The van der Waals surface area contributed by atoms with Crippen molar-refractivity contribution in [3.05, 3.63) is 24.3 Å². The summed E-state index contributed by atoms with van der Waals surface area (Å²) in [6.45, 7) is 7.91. The highest BCUT2D eigenvalue weighted by Gasteiger charge is 2.40. The molecule has 0 aromatic carbocycles. The third kappa shape index (κ3) is 3.61. The van der Waals surface area contributed by atoms with Crippen molar-refractivity contribution in [2.75, 3.05) is 6.54 Å². The number of rotatable bonds is 5. The molecular formula is C13H23FNOP. The lowest BCUT2D eigenvalue weighted by molar-refractivity contribution is -0.131. The Balaban J connectivity index is 2.93. The first kappa shape index (κ1) is 14.8. The Morgan fingerprint density at radius 2 is 2.47 bits per heavy atom. The molecule has 0 aliphatic heterocycles. The zero-order valence-corrected chi connectivity index (χ0v) is 11.9. The van der Waals surface area contributed by atoms with E-state index in [1.165, 1.54) is 0 Å². The summed E-state index contributed by atoms with van der Waals surface area (Å²) in [4.78, 5) is 0. The highest BCUT2D eigenvalue weighted by atomic mass is 31.0. The van der Waals surface area contributed by atoms with Crippen LogP contribution < -0.4 is 5.73 Å². The molecule has 2 N–H and O–H groups in total. The lowest BCUT2D eigenvalue weighted by Crippen LogP contribution is -2.43. The van der Waals surface area contributed by atoms with Crippen molar-refractivity contribution >= 4 is 9.24 Å². The van der Waals surface area contributed by atoms with Crippen LogP contribution in [0.15, 0.2) is 24.3 Å². The number of hydrogen-bond acceptors (Lipinski definition) is 2. The van der Waals surface area contributed by atoms with Gasteiger partial charge in [-0.15, -0.1) is 0 Å². The van der Waals surface area contributed by atoms with Gasteiger partial charge in [0.1, 0.15) is 0 Å². The summed E-state index contributed by atoms with van der Waals surface area (Å²) in [5, 5.41) is 0. The molecular weight excluding hydrogens is 236 g/mol. The van der Waals surface area contributed by atoms with Gasteiger partial charge in [-0.3, -0.25) is 0 Å². The molecule has 3 unspecified atom stereocenters. The smallest absolute Gasteiger partial charge is 0.240 e. The van der Waals surface area contributed by atoms with Crippen LogP contribution in [0.5, 0.6) is 0 Å². The fourth-order valence-electron chi connectivity index (χ4n) is 2.39. The van der Waals surface area contributed by atoms with Crippen LogP contribution in [-0.4, -0.2) is 17.7 Å². The summed E-state index contributed by atoms with van der Waals surface area (Å²) >= 11 is 0. The van der Waals surface area contributed by atoms with Crippen molar-refractivity contribution in [1.29, 1.82) is 0 Å². The van der Waals surface area contributed by atoms with Crippen molar-refractivity contribution in [2.45, 2.75) is 44.3 Å². The highest BCUT2D eigenvalue weighted by molar-refractivity contribution is 7.18. The van der Waals surface area contributed by atoms with Crippen molar-refractivity contribution in [3.63, 3.8) is 0 Å². The maximum absolute atomic E-state index is 13.9. The van der Waals surface area contributed by atoms with Gasteiger partial charge in [-0.25, -0.2) is 4.39 Å². The first-order chi connectivity index (χ1) is 7.87. The van der Waals surface area contributed by atoms with Gasteiger partial charge in [0.05, 0.1) is 5.60 Å². The number of halogens is 1. The average Bonchev–Trinajstić information content (AvgIpc) is 2.27. The van der Waals surface area contributed by atoms with E-state index in [1.54, 1.807) is 0 Å². The van der Waals surface area contributed by atoms with Crippen LogP contribution >= 0.6 is 9.24 Å². The van der Waals surface area contributed by atoms with Gasteiger partial charge < -0.3 is 10.5 Å². The van der Waals surface area contributed by atoms with Crippen LogP contribution in [-0.2, 0) is 4.74 Å². The Labute approximate surface area is 106 Å². The van der Waals surface area contributed by atoms with Gasteiger partial charge in [0.25, 0.3) is 0 Å². The molecule has 1 rings (SSSR count). The molecule has 17 heavy (non-hydrogen) atoms. The Bertz CT molecular complexity index is 317. The Morgan fingerprint density at radius 1 is 1.82 bits per heavy atom. The number of nitrogens with two attached hydrogens (primary N) is 1. The maximum Gasteiger partial charge on any atom is 0.240 e. The van der Waals surface area contributed by atoms with E-state index in [1.807, 2.05) is 16.2 Å². The SMILES string of the molecule is C=CC(F)(P)O[C@]1(C)CC(CC)CC=C1CN. The predicted octanol–water partition coefficient (Wildman–Crippen LogP) is 3.15. The average molecular weight is 259 g/mol. The van der Waals surface area contributed by atoms with E-state index in [0.717, 1.165) is 30.9 Å². The zero-order chi connectivity index (χ0) is 13.1. The first-order valence-electron chi connectivity index (χ1n) is 6.08. The maximum atomic E-state index is 13.9. The fourth-order valence-corrected chi connectivity index (χ4v) is 2.65. The molecule has 0 bridgehead atoms. The number of allylic oxidation sites excluding steroid dienone is 1. The van der Waals surface area contributed by atoms with Crippen molar-refractivity contribution in [2.24, 2.45) is 11.7 Å². The van der Waals surface area contributed by atoms with Gasteiger partial charge in [-0.1, -0.05) is 35.2 Å². The van der Waals surface area contributed by atoms with Crippen molar-refractivity contribution in [1.82, 2.24) is 0 Å². The Hall–Kier alpha value is -0.240. The van der Waals surface area contributed by atoms with Crippen LogP contribution in [0.3, 0.4) is 0 Å². The largest absolute Gasteiger partial charge is 0.329 e. The summed E-state index contributed by atoms with van der Waals surface area (Å²) in [6.07, 6.45) is 6.14. The number of hydrogen-bond donors (Lipinski definition) is 1. The lowest BCUT2D eigenvalue weighted by Gasteiger charge is -2.41. The molecule has 0 radical (unpaired) electrons. The summed E-state index contributed by atoms with van der Waals surface area (Å²) in [6, 6.07) is 0. The molecule has 0 amide bonds. The van der Waals surface area contributed by atoms with Gasteiger partial charge >= 0.3 is 0 Å².